The number of hydrogen-bond donors (Lipinski definition) is 3. The Morgan fingerprint density at radius 3 is 0.942 bits per heavy atom. The Kier molecular flexibility index (Phi) is 58.2. The molecular weight excluding hydrogens is 661 g/mol. The second kappa shape index (κ2) is 52.3. The first-order valence-electron chi connectivity index (χ1n) is 22.1. The fourth-order valence-electron chi connectivity index (χ4n) is 6.11. The van der Waals surface area contributed by atoms with E-state index in [1.54, 1.807) is 0 Å². The monoisotopic (exact) mass is 749 g/mol. The predicted octanol–water partition coefficient (Wildman–Crippen LogP) is 14.6. The first-order valence-corrected chi connectivity index (χ1v) is 22.1. The molecule has 3 N–H and O–H groups in total. The second-order valence-electron chi connectivity index (χ2n) is 14.7. The van der Waals surface area contributed by atoms with Crippen LogP contribution in [0.4, 0.5) is 0 Å². The fraction of sp³-hybridized carbons (Fsp3) is 0.889. The van der Waals surface area contributed by atoms with Gasteiger partial charge in [0.15, 0.2) is 0 Å². The van der Waals surface area contributed by atoms with Gasteiger partial charge in [-0.2, -0.15) is 25.7 Å². The minimum atomic E-state index is -0.657. The minimum absolute atomic E-state index is 0. The maximum atomic E-state index is 10.5. The van der Waals surface area contributed by atoms with Crippen LogP contribution in [0.3, 0.4) is 0 Å². The SMILES string of the molecule is CCCCCC(CC)C(=O)O.CCCCCCC[CH-]CCCCCCCCCC(=O)O.CCCCCCC[CH-]CCCCCCCCCC(=O)O.[Mg+2]. The van der Waals surface area contributed by atoms with E-state index in [4.69, 9.17) is 15.3 Å². The van der Waals surface area contributed by atoms with Crippen LogP contribution in [0.1, 0.15) is 252 Å². The van der Waals surface area contributed by atoms with Gasteiger partial charge in [-0.25, -0.2) is 0 Å². The van der Waals surface area contributed by atoms with E-state index in [-0.39, 0.29) is 29.0 Å². The van der Waals surface area contributed by atoms with Crippen LogP contribution in [0, 0.1) is 18.8 Å². The Morgan fingerprint density at radius 1 is 0.404 bits per heavy atom. The summed E-state index contributed by atoms with van der Waals surface area (Å²) in [4.78, 5) is 31.2. The quantitative estimate of drug-likeness (QED) is 0.0329. The summed E-state index contributed by atoms with van der Waals surface area (Å²) in [5, 5.41) is 25.7. The van der Waals surface area contributed by atoms with E-state index in [0.717, 1.165) is 57.8 Å². The maximum absolute atomic E-state index is 10.5. The smallest absolute Gasteiger partial charge is 0.481 e. The van der Waals surface area contributed by atoms with E-state index >= 15 is 0 Å². The van der Waals surface area contributed by atoms with Crippen LogP contribution in [0.2, 0.25) is 0 Å². The number of carboxylic acids is 3. The van der Waals surface area contributed by atoms with E-state index in [9.17, 15) is 14.4 Å². The number of rotatable bonds is 38. The summed E-state index contributed by atoms with van der Waals surface area (Å²) >= 11 is 0. The van der Waals surface area contributed by atoms with Crippen molar-refractivity contribution in [3.8, 4) is 0 Å². The Balaban J connectivity index is -0.000000344. The largest absolute Gasteiger partial charge is 2.00 e. The van der Waals surface area contributed by atoms with E-state index in [1.807, 2.05) is 6.92 Å². The topological polar surface area (TPSA) is 112 Å². The minimum Gasteiger partial charge on any atom is -0.481 e. The molecular formula is C45H88MgO6. The van der Waals surface area contributed by atoms with Gasteiger partial charge in [-0.15, -0.1) is 0 Å². The van der Waals surface area contributed by atoms with Crippen LogP contribution >= 0.6 is 0 Å². The van der Waals surface area contributed by atoms with Crippen molar-refractivity contribution in [1.82, 2.24) is 0 Å². The molecule has 0 aliphatic rings. The Labute approximate surface area is 340 Å². The third-order valence-corrected chi connectivity index (χ3v) is 9.62. The molecule has 0 spiro atoms. The molecule has 6 nitrogen and oxygen atoms in total. The predicted molar refractivity (Wildman–Crippen MR) is 225 cm³/mol. The molecule has 0 amide bonds. The number of hydrogen-bond acceptors (Lipinski definition) is 3. The van der Waals surface area contributed by atoms with Crippen LogP contribution in [0.25, 0.3) is 0 Å². The van der Waals surface area contributed by atoms with Crippen molar-refractivity contribution in [3.63, 3.8) is 0 Å². The molecule has 0 aliphatic heterocycles. The van der Waals surface area contributed by atoms with Crippen molar-refractivity contribution in [2.45, 2.75) is 252 Å². The summed E-state index contributed by atoms with van der Waals surface area (Å²) in [5.41, 5.74) is 0. The average Bonchev–Trinajstić information content (AvgIpc) is 3.10. The molecule has 0 fully saturated rings. The summed E-state index contributed by atoms with van der Waals surface area (Å²) in [7, 11) is 0. The Bertz CT molecular complexity index is 657. The van der Waals surface area contributed by atoms with Gasteiger partial charge in [0.2, 0.25) is 0 Å². The molecule has 0 rings (SSSR count). The fourth-order valence-corrected chi connectivity index (χ4v) is 6.11. The zero-order valence-corrected chi connectivity index (χ0v) is 36.7. The molecule has 0 aromatic rings. The molecule has 52 heavy (non-hydrogen) atoms. The van der Waals surface area contributed by atoms with E-state index in [2.05, 4.69) is 33.6 Å². The summed E-state index contributed by atoms with van der Waals surface area (Å²) in [5.74, 6) is -2.06. The van der Waals surface area contributed by atoms with Gasteiger partial charge in [0.25, 0.3) is 0 Å². The zero-order valence-electron chi connectivity index (χ0n) is 35.3. The molecule has 0 saturated heterocycles. The van der Waals surface area contributed by atoms with Gasteiger partial charge in [-0.3, -0.25) is 14.4 Å². The Hall–Kier alpha value is -0.824. The standard InChI is InChI=1S/2C18H35O2.C9H18O2.Mg/c2*1-2-3-4-5-6-7-8-9-10-11-12-13-14-15-16-17-18(19)20;1-3-5-6-7-8(4-2)9(10)11;/h2*8H,2-7,9-17H2,1H3,(H,19,20);8H,3-7H2,1-2H3,(H,10,11);/q2*-1;;+2. The van der Waals surface area contributed by atoms with Gasteiger partial charge in [-0.05, 0) is 25.7 Å². The molecule has 0 saturated carbocycles. The van der Waals surface area contributed by atoms with E-state index in [1.165, 1.54) is 154 Å². The summed E-state index contributed by atoms with van der Waals surface area (Å²) in [6, 6.07) is 0. The van der Waals surface area contributed by atoms with Gasteiger partial charge in [0, 0.05) is 12.8 Å². The van der Waals surface area contributed by atoms with Gasteiger partial charge < -0.3 is 28.2 Å². The second-order valence-corrected chi connectivity index (χ2v) is 14.7. The number of aliphatic carboxylic acids is 3. The van der Waals surface area contributed by atoms with E-state index < -0.39 is 17.9 Å². The number of carbonyl (C=O) groups is 3. The molecule has 0 aromatic carbocycles. The van der Waals surface area contributed by atoms with Crippen LogP contribution in [0.5, 0.6) is 0 Å². The van der Waals surface area contributed by atoms with Crippen LogP contribution in [0.15, 0.2) is 0 Å². The first-order chi connectivity index (χ1) is 24.8. The van der Waals surface area contributed by atoms with Gasteiger partial charge in [-0.1, -0.05) is 188 Å². The number of carboxylic acid groups (broad SMARTS) is 3. The van der Waals surface area contributed by atoms with Crippen molar-refractivity contribution in [1.29, 1.82) is 0 Å². The van der Waals surface area contributed by atoms with E-state index in [0.29, 0.717) is 12.8 Å². The first kappa shape index (κ1) is 57.9. The maximum Gasteiger partial charge on any atom is 2.00 e. The van der Waals surface area contributed by atoms with Crippen molar-refractivity contribution < 1.29 is 29.7 Å². The van der Waals surface area contributed by atoms with Crippen molar-refractivity contribution in [3.05, 3.63) is 12.8 Å². The van der Waals surface area contributed by atoms with Crippen LogP contribution < -0.4 is 0 Å². The van der Waals surface area contributed by atoms with Gasteiger partial charge in [0.1, 0.15) is 0 Å². The molecule has 7 heteroatoms. The molecule has 0 aromatic heterocycles. The molecule has 0 aliphatic carbocycles. The number of unbranched alkanes of at least 4 members (excludes halogenated alkanes) is 30. The van der Waals surface area contributed by atoms with Gasteiger partial charge >= 0.3 is 41.0 Å². The van der Waals surface area contributed by atoms with Crippen molar-refractivity contribution >= 4 is 41.0 Å². The molecule has 0 bridgehead atoms. The normalized spacial score (nSPS) is 11.1. The molecule has 1 unspecified atom stereocenters. The third kappa shape index (κ3) is 58.5. The van der Waals surface area contributed by atoms with Crippen molar-refractivity contribution in [2.75, 3.05) is 0 Å². The molecule has 306 valence electrons. The third-order valence-electron chi connectivity index (χ3n) is 9.62. The molecule has 1 atom stereocenters. The molecule has 0 radical (unpaired) electrons. The summed E-state index contributed by atoms with van der Waals surface area (Å²) < 4.78 is 0. The average molecular weight is 749 g/mol. The molecule has 0 heterocycles. The summed E-state index contributed by atoms with van der Waals surface area (Å²) in [6.07, 6.45) is 46.4. The summed E-state index contributed by atoms with van der Waals surface area (Å²) in [6.45, 7) is 8.59. The zero-order chi connectivity index (χ0) is 38.5. The Morgan fingerprint density at radius 2 is 0.673 bits per heavy atom. The van der Waals surface area contributed by atoms with Crippen LogP contribution in [-0.4, -0.2) is 56.3 Å². The van der Waals surface area contributed by atoms with Crippen LogP contribution in [-0.2, 0) is 14.4 Å². The van der Waals surface area contributed by atoms with Gasteiger partial charge in [0.05, 0.1) is 5.92 Å². The van der Waals surface area contributed by atoms with Crippen molar-refractivity contribution in [2.24, 2.45) is 5.92 Å².